The summed E-state index contributed by atoms with van der Waals surface area (Å²) in [4.78, 5) is 13.3. The first-order valence-electron chi connectivity index (χ1n) is 14.0. The fourth-order valence-electron chi connectivity index (χ4n) is 6.30. The lowest BCUT2D eigenvalue weighted by atomic mass is 9.77. The number of benzene rings is 4. The van der Waals surface area contributed by atoms with E-state index >= 15 is 0 Å². The molecule has 0 amide bonds. The van der Waals surface area contributed by atoms with Gasteiger partial charge < -0.3 is 24.8 Å². The lowest BCUT2D eigenvalue weighted by Crippen LogP contribution is -2.35. The largest absolute Gasteiger partial charge is 0.456 e. The van der Waals surface area contributed by atoms with Crippen molar-refractivity contribution in [3.63, 3.8) is 0 Å². The number of nitrogens with one attached hydrogen (secondary N) is 2. The molecule has 2 unspecified atom stereocenters. The number of hydrogen-bond acceptors (Lipinski definition) is 6. The van der Waals surface area contributed by atoms with Crippen molar-refractivity contribution in [2.24, 2.45) is 0 Å². The minimum absolute atomic E-state index is 0.135. The van der Waals surface area contributed by atoms with Crippen LogP contribution in [0.5, 0.6) is 11.5 Å². The topological polar surface area (TPSA) is 68.8 Å². The van der Waals surface area contributed by atoms with Crippen LogP contribution in [0.3, 0.4) is 0 Å². The average Bonchev–Trinajstić information content (AvgIpc) is 3.57. The zero-order chi connectivity index (χ0) is 27.3. The average molecular weight is 533 g/mol. The zero-order valence-electron chi connectivity index (χ0n) is 22.8. The maximum atomic E-state index is 13.3. The fourth-order valence-corrected chi connectivity index (χ4v) is 6.30. The maximum Gasteiger partial charge on any atom is 0.340 e. The molecule has 1 saturated heterocycles. The number of rotatable bonds is 6. The molecule has 0 aromatic heterocycles. The smallest absolute Gasteiger partial charge is 0.340 e. The number of aryl methyl sites for hydroxylation is 1. The van der Waals surface area contributed by atoms with Gasteiger partial charge in [0.15, 0.2) is 5.60 Å². The van der Waals surface area contributed by atoms with Crippen LogP contribution in [-0.4, -0.2) is 24.7 Å². The van der Waals surface area contributed by atoms with Gasteiger partial charge in [0.25, 0.3) is 0 Å². The van der Waals surface area contributed by atoms with Gasteiger partial charge in [0.05, 0.1) is 11.2 Å². The highest BCUT2D eigenvalue weighted by Gasteiger charge is 2.53. The van der Waals surface area contributed by atoms with Crippen molar-refractivity contribution in [3.8, 4) is 11.5 Å². The Labute approximate surface area is 234 Å². The second-order valence-corrected chi connectivity index (χ2v) is 10.9. The molecule has 0 bridgehead atoms. The summed E-state index contributed by atoms with van der Waals surface area (Å²) < 4.78 is 19.1. The van der Waals surface area contributed by atoms with E-state index in [0.29, 0.717) is 17.1 Å². The third kappa shape index (κ3) is 3.86. The van der Waals surface area contributed by atoms with Crippen LogP contribution in [0.15, 0.2) is 84.9 Å². The van der Waals surface area contributed by atoms with Crippen LogP contribution in [0.2, 0.25) is 0 Å². The van der Waals surface area contributed by atoms with Gasteiger partial charge >= 0.3 is 5.97 Å². The first kappa shape index (κ1) is 24.7. The predicted octanol–water partition coefficient (Wildman–Crippen LogP) is 7.68. The molecule has 6 heteroatoms. The first-order valence-corrected chi connectivity index (χ1v) is 14.0. The minimum Gasteiger partial charge on any atom is -0.456 e. The third-order valence-electron chi connectivity index (χ3n) is 8.56. The molecule has 202 valence electrons. The molecule has 1 spiro atoms. The molecule has 4 aromatic rings. The molecule has 0 saturated carbocycles. The Bertz CT molecular complexity index is 1610. The molecule has 1 fully saturated rings. The van der Waals surface area contributed by atoms with Crippen molar-refractivity contribution in [2.45, 2.75) is 44.3 Å². The van der Waals surface area contributed by atoms with Crippen LogP contribution in [0, 0.1) is 6.92 Å². The Morgan fingerprint density at radius 2 is 1.65 bits per heavy atom. The van der Waals surface area contributed by atoms with Crippen molar-refractivity contribution in [1.82, 2.24) is 0 Å². The zero-order valence-corrected chi connectivity index (χ0v) is 22.8. The van der Waals surface area contributed by atoms with Gasteiger partial charge in [-0.05, 0) is 74.2 Å². The molecular weight excluding hydrogens is 500 g/mol. The molecule has 3 heterocycles. The summed E-state index contributed by atoms with van der Waals surface area (Å²) in [6, 6.07) is 27.9. The number of anilines is 3. The van der Waals surface area contributed by atoms with Crippen molar-refractivity contribution >= 4 is 23.0 Å². The predicted molar refractivity (Wildman–Crippen MR) is 156 cm³/mol. The third-order valence-corrected chi connectivity index (χ3v) is 8.56. The van der Waals surface area contributed by atoms with Crippen molar-refractivity contribution in [2.75, 3.05) is 23.8 Å². The van der Waals surface area contributed by atoms with Crippen LogP contribution in [-0.2, 0) is 15.1 Å². The van der Waals surface area contributed by atoms with Crippen molar-refractivity contribution in [3.05, 3.63) is 113 Å². The maximum absolute atomic E-state index is 13.3. The van der Waals surface area contributed by atoms with Gasteiger partial charge in [-0.1, -0.05) is 43.3 Å². The van der Waals surface area contributed by atoms with Crippen LogP contribution in [0.4, 0.5) is 17.1 Å². The summed E-state index contributed by atoms with van der Waals surface area (Å²) in [7, 11) is 0. The van der Waals surface area contributed by atoms with Crippen LogP contribution < -0.4 is 15.4 Å². The Balaban J connectivity index is 1.34. The number of hydrogen-bond donors (Lipinski definition) is 2. The number of carbonyl (C=O) groups is 1. The van der Waals surface area contributed by atoms with Gasteiger partial charge in [-0.25, -0.2) is 4.79 Å². The first-order chi connectivity index (χ1) is 19.5. The summed E-state index contributed by atoms with van der Waals surface area (Å²) >= 11 is 0. The number of carbonyl (C=O) groups excluding carboxylic acids is 1. The standard InChI is InChI=1S/C34H32N2O4/c1-3-33(16-9-17-38-33)21-35-24-14-15-27-31(19-24)39-30-18-22(2)29(36-23-10-5-4-6-11-23)20-28(30)34(27)26-13-8-7-12-25(26)32(37)40-34/h4-8,10-15,18-20,35-36H,3,9,16-17,21H2,1-2H3. The molecule has 0 aliphatic carbocycles. The van der Waals surface area contributed by atoms with Gasteiger partial charge in [-0.15, -0.1) is 0 Å². The van der Waals surface area contributed by atoms with Crippen LogP contribution in [0.1, 0.15) is 58.8 Å². The second kappa shape index (κ2) is 9.42. The molecule has 4 aromatic carbocycles. The summed E-state index contributed by atoms with van der Waals surface area (Å²) in [6.45, 7) is 5.77. The van der Waals surface area contributed by atoms with E-state index in [1.807, 2.05) is 78.9 Å². The van der Waals surface area contributed by atoms with Crippen molar-refractivity contribution < 1.29 is 19.0 Å². The quantitative estimate of drug-likeness (QED) is 0.248. The lowest BCUT2D eigenvalue weighted by molar-refractivity contribution is 0.0122. The molecule has 2 atom stereocenters. The molecule has 40 heavy (non-hydrogen) atoms. The van der Waals surface area contributed by atoms with E-state index < -0.39 is 5.60 Å². The van der Waals surface area contributed by atoms with Gasteiger partial charge in [0, 0.05) is 53.0 Å². The van der Waals surface area contributed by atoms with E-state index in [4.69, 9.17) is 14.2 Å². The normalized spacial score (nSPS) is 22.2. The van der Waals surface area contributed by atoms with E-state index in [0.717, 1.165) is 71.7 Å². The minimum atomic E-state index is -1.12. The van der Waals surface area contributed by atoms with E-state index in [-0.39, 0.29) is 11.6 Å². The fraction of sp³-hybridized carbons (Fsp3) is 0.265. The highest BCUT2D eigenvalue weighted by molar-refractivity contribution is 5.97. The summed E-state index contributed by atoms with van der Waals surface area (Å²) in [5.41, 5.74) is 5.62. The monoisotopic (exact) mass is 532 g/mol. The molecule has 7 rings (SSSR count). The lowest BCUT2D eigenvalue weighted by Gasteiger charge is -2.37. The summed E-state index contributed by atoms with van der Waals surface area (Å²) in [5.74, 6) is 1.01. The van der Waals surface area contributed by atoms with Gasteiger partial charge in [0.2, 0.25) is 0 Å². The number of esters is 1. The molecular formula is C34H32N2O4. The molecule has 6 nitrogen and oxygen atoms in total. The van der Waals surface area contributed by atoms with E-state index in [1.54, 1.807) is 0 Å². The van der Waals surface area contributed by atoms with Gasteiger partial charge in [-0.2, -0.15) is 0 Å². The highest BCUT2D eigenvalue weighted by Crippen LogP contribution is 2.57. The van der Waals surface area contributed by atoms with Crippen molar-refractivity contribution in [1.29, 1.82) is 0 Å². The Kier molecular flexibility index (Phi) is 5.82. The van der Waals surface area contributed by atoms with E-state index in [9.17, 15) is 4.79 Å². The summed E-state index contributed by atoms with van der Waals surface area (Å²) in [5, 5.41) is 7.12. The van der Waals surface area contributed by atoms with Gasteiger partial charge in [-0.3, -0.25) is 0 Å². The highest BCUT2D eigenvalue weighted by atomic mass is 16.6. The Morgan fingerprint density at radius 1 is 0.850 bits per heavy atom. The van der Waals surface area contributed by atoms with Gasteiger partial charge in [0.1, 0.15) is 11.5 Å². The van der Waals surface area contributed by atoms with Crippen LogP contribution in [0.25, 0.3) is 0 Å². The second-order valence-electron chi connectivity index (χ2n) is 10.9. The number of ether oxygens (including phenoxy) is 3. The number of fused-ring (bicyclic) bond motifs is 6. The SMILES string of the molecule is CCC1(CNc2ccc3c(c2)Oc2cc(C)c(Nc4ccccc4)cc2C32OC(=O)c3ccccc32)CCCO1. The molecule has 3 aliphatic heterocycles. The number of para-hydroxylation sites is 1. The molecule has 3 aliphatic rings. The van der Waals surface area contributed by atoms with Crippen LogP contribution >= 0.6 is 0 Å². The molecule has 2 N–H and O–H groups in total. The molecule has 0 radical (unpaired) electrons. The Morgan fingerprint density at radius 3 is 2.45 bits per heavy atom. The Hall–Kier alpha value is -4.29. The van der Waals surface area contributed by atoms with E-state index in [1.165, 1.54) is 0 Å². The summed E-state index contributed by atoms with van der Waals surface area (Å²) in [6.07, 6.45) is 3.11. The van der Waals surface area contributed by atoms with E-state index in [2.05, 4.69) is 30.5 Å².